The first-order valence-electron chi connectivity index (χ1n) is 9.89. The largest absolute Gasteiger partial charge is 0.573 e. The first kappa shape index (κ1) is 24.5. The molecular weight excluding hydrogens is 464 g/mol. The Morgan fingerprint density at radius 3 is 2.48 bits per heavy atom. The fraction of sp³-hybridized carbons (Fsp3) is 0.273. The Hall–Kier alpha value is -3.11. The normalized spacial score (nSPS) is 12.5. The van der Waals surface area contributed by atoms with E-state index in [4.69, 9.17) is 11.6 Å². The molecule has 0 fully saturated rings. The van der Waals surface area contributed by atoms with Crippen LogP contribution < -0.4 is 15.4 Å². The summed E-state index contributed by atoms with van der Waals surface area (Å²) in [6.45, 7) is 3.61. The van der Waals surface area contributed by atoms with E-state index in [9.17, 15) is 22.7 Å². The van der Waals surface area contributed by atoms with Gasteiger partial charge in [0.15, 0.2) is 0 Å². The van der Waals surface area contributed by atoms with E-state index in [2.05, 4.69) is 25.3 Å². The molecule has 0 bridgehead atoms. The number of benzene rings is 2. The number of hydrogen-bond acceptors (Lipinski definition) is 6. The summed E-state index contributed by atoms with van der Waals surface area (Å²) >= 11 is 5.84. The molecule has 3 rings (SSSR count). The standard InChI is InChI=1S/C22H21ClF4N4O2/c1-12(2)19(11-32)30-21-29-18(13-4-3-5-15(8-13)33-22(25,26)27)10-20(31-21)28-14-6-7-17(24)16(23)9-14/h3-10,12,19,32H,11H2,1-2H3,(H2,28,29,30,31)/t19-/m1/s1. The van der Waals surface area contributed by atoms with E-state index in [1.54, 1.807) is 6.07 Å². The van der Waals surface area contributed by atoms with Gasteiger partial charge < -0.3 is 20.5 Å². The summed E-state index contributed by atoms with van der Waals surface area (Å²) in [5.74, 6) is -0.538. The number of halogens is 5. The van der Waals surface area contributed by atoms with Crippen molar-refractivity contribution < 1.29 is 27.4 Å². The van der Waals surface area contributed by atoms with Crippen LogP contribution in [0.15, 0.2) is 48.5 Å². The smallest absolute Gasteiger partial charge is 0.406 e. The van der Waals surface area contributed by atoms with Crippen molar-refractivity contribution in [1.82, 2.24) is 9.97 Å². The van der Waals surface area contributed by atoms with Gasteiger partial charge in [-0.15, -0.1) is 13.2 Å². The first-order chi connectivity index (χ1) is 15.5. The zero-order valence-electron chi connectivity index (χ0n) is 17.6. The Morgan fingerprint density at radius 2 is 1.85 bits per heavy atom. The van der Waals surface area contributed by atoms with Crippen LogP contribution in [0.3, 0.4) is 0 Å². The van der Waals surface area contributed by atoms with E-state index >= 15 is 0 Å². The minimum atomic E-state index is -4.84. The lowest BCUT2D eigenvalue weighted by Crippen LogP contribution is -2.30. The molecule has 0 saturated heterocycles. The van der Waals surface area contributed by atoms with Crippen molar-refractivity contribution in [3.05, 3.63) is 59.4 Å². The topological polar surface area (TPSA) is 79.3 Å². The molecule has 176 valence electrons. The number of nitrogens with zero attached hydrogens (tertiary/aromatic N) is 2. The van der Waals surface area contributed by atoms with Crippen molar-refractivity contribution >= 4 is 29.1 Å². The van der Waals surface area contributed by atoms with Gasteiger partial charge in [0.25, 0.3) is 0 Å². The molecule has 0 spiro atoms. The average molecular weight is 485 g/mol. The minimum absolute atomic E-state index is 0.0399. The molecule has 1 atom stereocenters. The van der Waals surface area contributed by atoms with Gasteiger partial charge in [0.05, 0.1) is 23.4 Å². The van der Waals surface area contributed by atoms with Gasteiger partial charge in [-0.25, -0.2) is 9.37 Å². The van der Waals surface area contributed by atoms with Gasteiger partial charge in [0, 0.05) is 17.3 Å². The lowest BCUT2D eigenvalue weighted by Gasteiger charge is -2.21. The fourth-order valence-corrected chi connectivity index (χ4v) is 3.07. The van der Waals surface area contributed by atoms with Gasteiger partial charge in [-0.2, -0.15) is 4.98 Å². The van der Waals surface area contributed by atoms with Crippen LogP contribution in [0.25, 0.3) is 11.3 Å². The van der Waals surface area contributed by atoms with Crippen LogP contribution in [0.2, 0.25) is 5.02 Å². The molecule has 0 aliphatic carbocycles. The molecule has 0 amide bonds. The maximum Gasteiger partial charge on any atom is 0.573 e. The van der Waals surface area contributed by atoms with Gasteiger partial charge in [-0.3, -0.25) is 0 Å². The maximum absolute atomic E-state index is 13.5. The molecule has 0 aliphatic rings. The van der Waals surface area contributed by atoms with Crippen molar-refractivity contribution in [1.29, 1.82) is 0 Å². The molecule has 3 N–H and O–H groups in total. The van der Waals surface area contributed by atoms with Gasteiger partial charge in [0.1, 0.15) is 17.4 Å². The van der Waals surface area contributed by atoms with Crippen LogP contribution in [0.4, 0.5) is 35.0 Å². The molecule has 3 aromatic rings. The second kappa shape index (κ2) is 10.2. The molecule has 0 saturated carbocycles. The fourth-order valence-electron chi connectivity index (χ4n) is 2.89. The molecule has 33 heavy (non-hydrogen) atoms. The SMILES string of the molecule is CC(C)[C@@H](CO)Nc1nc(Nc2ccc(F)c(Cl)c2)cc(-c2cccc(OC(F)(F)F)c2)n1. The van der Waals surface area contributed by atoms with E-state index in [0.717, 1.165) is 0 Å². The third-order valence-electron chi connectivity index (χ3n) is 4.60. The zero-order chi connectivity index (χ0) is 24.2. The second-order valence-corrected chi connectivity index (χ2v) is 7.88. The number of hydrogen-bond donors (Lipinski definition) is 3. The number of aliphatic hydroxyl groups excluding tert-OH is 1. The van der Waals surface area contributed by atoms with Gasteiger partial charge >= 0.3 is 6.36 Å². The Labute approximate surface area is 192 Å². The number of ether oxygens (including phenoxy) is 1. The Kier molecular flexibility index (Phi) is 7.60. The van der Waals surface area contributed by atoms with Gasteiger partial charge in [0.2, 0.25) is 5.95 Å². The summed E-state index contributed by atoms with van der Waals surface area (Å²) in [6.07, 6.45) is -4.84. The average Bonchev–Trinajstić information content (AvgIpc) is 2.73. The third-order valence-corrected chi connectivity index (χ3v) is 4.89. The lowest BCUT2D eigenvalue weighted by atomic mass is 10.1. The Balaban J connectivity index is 2.01. The van der Waals surface area contributed by atoms with Crippen molar-refractivity contribution in [2.24, 2.45) is 5.92 Å². The van der Waals surface area contributed by atoms with Crippen LogP contribution in [0.5, 0.6) is 5.75 Å². The van der Waals surface area contributed by atoms with Gasteiger partial charge in [-0.1, -0.05) is 37.6 Å². The van der Waals surface area contributed by atoms with Crippen LogP contribution in [0.1, 0.15) is 13.8 Å². The van der Waals surface area contributed by atoms with Crippen molar-refractivity contribution in [2.45, 2.75) is 26.3 Å². The van der Waals surface area contributed by atoms with E-state index in [-0.39, 0.29) is 41.0 Å². The van der Waals surface area contributed by atoms with Crippen LogP contribution >= 0.6 is 11.6 Å². The van der Waals surface area contributed by atoms with E-state index in [1.165, 1.54) is 42.5 Å². The lowest BCUT2D eigenvalue weighted by molar-refractivity contribution is -0.274. The summed E-state index contributed by atoms with van der Waals surface area (Å²) < 4.78 is 55.4. The quantitative estimate of drug-likeness (QED) is 0.340. The second-order valence-electron chi connectivity index (χ2n) is 7.47. The van der Waals surface area contributed by atoms with Crippen LogP contribution in [-0.2, 0) is 0 Å². The Bertz CT molecular complexity index is 1110. The number of anilines is 3. The highest BCUT2D eigenvalue weighted by Crippen LogP contribution is 2.30. The van der Waals surface area contributed by atoms with Crippen molar-refractivity contribution in [3.63, 3.8) is 0 Å². The predicted molar refractivity (Wildman–Crippen MR) is 118 cm³/mol. The van der Waals surface area contributed by atoms with Crippen molar-refractivity contribution in [3.8, 4) is 17.0 Å². The molecule has 0 radical (unpaired) electrons. The molecule has 1 aromatic heterocycles. The highest BCUT2D eigenvalue weighted by atomic mass is 35.5. The molecule has 1 heterocycles. The summed E-state index contributed by atoms with van der Waals surface area (Å²) in [6, 6.07) is 10.5. The molecule has 0 aliphatic heterocycles. The Morgan fingerprint density at radius 1 is 1.09 bits per heavy atom. The van der Waals surface area contributed by atoms with E-state index < -0.39 is 17.9 Å². The summed E-state index contributed by atoms with van der Waals surface area (Å²) in [5, 5.41) is 15.6. The van der Waals surface area contributed by atoms with E-state index in [0.29, 0.717) is 11.3 Å². The monoisotopic (exact) mass is 484 g/mol. The molecular formula is C22H21ClF4N4O2. The summed E-state index contributed by atoms with van der Waals surface area (Å²) in [4.78, 5) is 8.75. The highest BCUT2D eigenvalue weighted by Gasteiger charge is 2.31. The molecule has 11 heteroatoms. The molecule has 0 unspecified atom stereocenters. The van der Waals surface area contributed by atoms with Crippen molar-refractivity contribution in [2.75, 3.05) is 17.2 Å². The molecule has 2 aromatic carbocycles. The minimum Gasteiger partial charge on any atom is -0.406 e. The number of rotatable bonds is 8. The summed E-state index contributed by atoms with van der Waals surface area (Å²) in [7, 11) is 0. The molecule has 6 nitrogen and oxygen atoms in total. The van der Waals surface area contributed by atoms with Crippen LogP contribution in [-0.4, -0.2) is 34.1 Å². The van der Waals surface area contributed by atoms with E-state index in [1.807, 2.05) is 13.8 Å². The predicted octanol–water partition coefficient (Wildman–Crippen LogP) is 6.01. The highest BCUT2D eigenvalue weighted by molar-refractivity contribution is 6.31. The number of alkyl halides is 3. The van der Waals surface area contributed by atoms with Crippen LogP contribution in [0, 0.1) is 11.7 Å². The number of aromatic nitrogens is 2. The third kappa shape index (κ3) is 6.93. The summed E-state index contributed by atoms with van der Waals surface area (Å²) in [5.41, 5.74) is 1.07. The first-order valence-corrected chi connectivity index (χ1v) is 10.3. The number of nitrogens with one attached hydrogen (secondary N) is 2. The zero-order valence-corrected chi connectivity index (χ0v) is 18.4. The number of aliphatic hydroxyl groups is 1. The van der Waals surface area contributed by atoms with Gasteiger partial charge in [-0.05, 0) is 36.2 Å². The maximum atomic E-state index is 13.5.